The SMILES string of the molecule is CC(O)(CCN1CCOCC1)Oc1ccccc1. The van der Waals surface area contributed by atoms with E-state index in [1.807, 2.05) is 30.3 Å². The minimum Gasteiger partial charge on any atom is -0.463 e. The van der Waals surface area contributed by atoms with E-state index in [0.717, 1.165) is 32.8 Å². The molecule has 4 heteroatoms. The second-order valence-electron chi connectivity index (χ2n) is 4.79. The van der Waals surface area contributed by atoms with Crippen LogP contribution >= 0.6 is 0 Å². The van der Waals surface area contributed by atoms with Crippen LogP contribution in [0.4, 0.5) is 0 Å². The highest BCUT2D eigenvalue weighted by Crippen LogP contribution is 2.19. The molecule has 1 N–H and O–H groups in total. The maximum atomic E-state index is 10.2. The van der Waals surface area contributed by atoms with Gasteiger partial charge in [0.25, 0.3) is 0 Å². The zero-order chi connectivity index (χ0) is 12.8. The molecule has 1 atom stereocenters. The molecule has 100 valence electrons. The Kier molecular flexibility index (Phi) is 4.58. The van der Waals surface area contributed by atoms with Gasteiger partial charge in [-0.3, -0.25) is 4.90 Å². The van der Waals surface area contributed by atoms with Crippen LogP contribution in [0.25, 0.3) is 0 Å². The Labute approximate surface area is 108 Å². The Morgan fingerprint density at radius 1 is 1.28 bits per heavy atom. The number of hydrogen-bond acceptors (Lipinski definition) is 4. The van der Waals surface area contributed by atoms with Gasteiger partial charge in [0.2, 0.25) is 5.79 Å². The molecular formula is C14H21NO3. The minimum absolute atomic E-state index is 0.585. The topological polar surface area (TPSA) is 41.9 Å². The second kappa shape index (κ2) is 6.18. The molecule has 1 aliphatic rings. The number of ether oxygens (including phenoxy) is 2. The summed E-state index contributed by atoms with van der Waals surface area (Å²) in [5, 5.41) is 10.2. The average Bonchev–Trinajstić information content (AvgIpc) is 2.38. The van der Waals surface area contributed by atoms with Crippen LogP contribution in [0.1, 0.15) is 13.3 Å². The summed E-state index contributed by atoms with van der Waals surface area (Å²) in [5.74, 6) is -0.427. The maximum Gasteiger partial charge on any atom is 0.206 e. The smallest absolute Gasteiger partial charge is 0.206 e. The summed E-state index contributed by atoms with van der Waals surface area (Å²) in [6, 6.07) is 9.42. The molecule has 1 heterocycles. The predicted octanol–water partition coefficient (Wildman–Crippen LogP) is 1.50. The first-order chi connectivity index (χ1) is 8.66. The zero-order valence-electron chi connectivity index (χ0n) is 10.8. The quantitative estimate of drug-likeness (QED) is 0.805. The Morgan fingerprint density at radius 2 is 1.94 bits per heavy atom. The van der Waals surface area contributed by atoms with Crippen LogP contribution in [0, 0.1) is 0 Å². The highest BCUT2D eigenvalue weighted by Gasteiger charge is 2.24. The lowest BCUT2D eigenvalue weighted by Crippen LogP contribution is -2.41. The standard InChI is InChI=1S/C14H21NO3/c1-14(16,18-13-5-3-2-4-6-13)7-8-15-9-11-17-12-10-15/h2-6,16H,7-12H2,1H3. The van der Waals surface area contributed by atoms with Gasteiger partial charge in [0.15, 0.2) is 0 Å². The molecule has 0 spiro atoms. The van der Waals surface area contributed by atoms with E-state index < -0.39 is 5.79 Å². The zero-order valence-corrected chi connectivity index (χ0v) is 10.8. The fourth-order valence-electron chi connectivity index (χ4n) is 1.98. The lowest BCUT2D eigenvalue weighted by atomic mass is 10.2. The second-order valence-corrected chi connectivity index (χ2v) is 4.79. The van der Waals surface area contributed by atoms with Crippen molar-refractivity contribution in [3.63, 3.8) is 0 Å². The van der Waals surface area contributed by atoms with Gasteiger partial charge in [0.05, 0.1) is 13.2 Å². The van der Waals surface area contributed by atoms with Crippen LogP contribution in [0.2, 0.25) is 0 Å². The molecule has 18 heavy (non-hydrogen) atoms. The molecule has 0 radical (unpaired) electrons. The van der Waals surface area contributed by atoms with E-state index in [0.29, 0.717) is 12.2 Å². The van der Waals surface area contributed by atoms with Crippen LogP contribution in [-0.4, -0.2) is 48.6 Å². The van der Waals surface area contributed by atoms with E-state index in [2.05, 4.69) is 4.90 Å². The summed E-state index contributed by atoms with van der Waals surface area (Å²) < 4.78 is 10.9. The first kappa shape index (κ1) is 13.3. The number of benzene rings is 1. The third kappa shape index (κ3) is 4.29. The van der Waals surface area contributed by atoms with Crippen molar-refractivity contribution >= 4 is 0 Å². The summed E-state index contributed by atoms with van der Waals surface area (Å²) in [6.45, 7) is 5.95. The molecule has 1 aromatic rings. The number of para-hydroxylation sites is 1. The molecule has 0 saturated carbocycles. The number of nitrogens with zero attached hydrogens (tertiary/aromatic N) is 1. The highest BCUT2D eigenvalue weighted by molar-refractivity contribution is 5.21. The number of aliphatic hydroxyl groups is 1. The molecule has 1 saturated heterocycles. The van der Waals surface area contributed by atoms with Crippen molar-refractivity contribution < 1.29 is 14.6 Å². The predicted molar refractivity (Wildman–Crippen MR) is 69.6 cm³/mol. The van der Waals surface area contributed by atoms with Crippen LogP contribution in [0.3, 0.4) is 0 Å². The Morgan fingerprint density at radius 3 is 2.61 bits per heavy atom. The van der Waals surface area contributed by atoms with E-state index >= 15 is 0 Å². The fourth-order valence-corrected chi connectivity index (χ4v) is 1.98. The molecule has 0 aliphatic carbocycles. The minimum atomic E-state index is -1.13. The molecular weight excluding hydrogens is 230 g/mol. The molecule has 4 nitrogen and oxygen atoms in total. The molecule has 1 fully saturated rings. The third-order valence-corrected chi connectivity index (χ3v) is 3.08. The summed E-state index contributed by atoms with van der Waals surface area (Å²) in [4.78, 5) is 2.28. The summed E-state index contributed by atoms with van der Waals surface area (Å²) in [6.07, 6.45) is 0.585. The molecule has 0 aromatic heterocycles. The Balaban J connectivity index is 1.79. The number of rotatable bonds is 5. The van der Waals surface area contributed by atoms with Crippen molar-refractivity contribution in [3.8, 4) is 5.75 Å². The van der Waals surface area contributed by atoms with Gasteiger partial charge in [-0.2, -0.15) is 0 Å². The Bertz CT molecular complexity index is 347. The van der Waals surface area contributed by atoms with Gasteiger partial charge in [-0.15, -0.1) is 0 Å². The number of hydrogen-bond donors (Lipinski definition) is 1. The van der Waals surface area contributed by atoms with Crippen molar-refractivity contribution in [1.29, 1.82) is 0 Å². The van der Waals surface area contributed by atoms with E-state index in [9.17, 15) is 5.11 Å². The van der Waals surface area contributed by atoms with Gasteiger partial charge in [0, 0.05) is 33.0 Å². The van der Waals surface area contributed by atoms with Gasteiger partial charge in [-0.05, 0) is 12.1 Å². The van der Waals surface area contributed by atoms with Crippen LogP contribution in [0.5, 0.6) is 5.75 Å². The van der Waals surface area contributed by atoms with Gasteiger partial charge >= 0.3 is 0 Å². The normalized spacial score (nSPS) is 20.3. The fraction of sp³-hybridized carbons (Fsp3) is 0.571. The van der Waals surface area contributed by atoms with Crippen molar-refractivity contribution in [2.24, 2.45) is 0 Å². The monoisotopic (exact) mass is 251 g/mol. The van der Waals surface area contributed by atoms with E-state index in [-0.39, 0.29) is 0 Å². The lowest BCUT2D eigenvalue weighted by molar-refractivity contribution is -0.132. The molecule has 1 unspecified atom stereocenters. The van der Waals surface area contributed by atoms with Crippen LogP contribution in [0.15, 0.2) is 30.3 Å². The highest BCUT2D eigenvalue weighted by atomic mass is 16.6. The molecule has 2 rings (SSSR count). The summed E-state index contributed by atoms with van der Waals surface area (Å²) >= 11 is 0. The molecule has 0 bridgehead atoms. The van der Waals surface area contributed by atoms with Gasteiger partial charge in [-0.1, -0.05) is 18.2 Å². The Hall–Kier alpha value is -1.10. The molecule has 1 aliphatic heterocycles. The van der Waals surface area contributed by atoms with E-state index in [1.165, 1.54) is 0 Å². The lowest BCUT2D eigenvalue weighted by Gasteiger charge is -2.31. The van der Waals surface area contributed by atoms with Crippen molar-refractivity contribution in [2.75, 3.05) is 32.8 Å². The van der Waals surface area contributed by atoms with E-state index in [4.69, 9.17) is 9.47 Å². The van der Waals surface area contributed by atoms with Crippen molar-refractivity contribution in [3.05, 3.63) is 30.3 Å². The van der Waals surface area contributed by atoms with Gasteiger partial charge < -0.3 is 14.6 Å². The molecule has 1 aromatic carbocycles. The average molecular weight is 251 g/mol. The summed E-state index contributed by atoms with van der Waals surface area (Å²) in [5.41, 5.74) is 0. The van der Waals surface area contributed by atoms with Crippen molar-refractivity contribution in [1.82, 2.24) is 4.90 Å². The van der Waals surface area contributed by atoms with Gasteiger partial charge in [-0.25, -0.2) is 0 Å². The van der Waals surface area contributed by atoms with Gasteiger partial charge in [0.1, 0.15) is 5.75 Å². The van der Waals surface area contributed by atoms with Crippen LogP contribution in [-0.2, 0) is 4.74 Å². The van der Waals surface area contributed by atoms with Crippen molar-refractivity contribution in [2.45, 2.75) is 19.1 Å². The molecule has 0 amide bonds. The summed E-state index contributed by atoms with van der Waals surface area (Å²) in [7, 11) is 0. The van der Waals surface area contributed by atoms with E-state index in [1.54, 1.807) is 6.92 Å². The largest absolute Gasteiger partial charge is 0.463 e. The third-order valence-electron chi connectivity index (χ3n) is 3.08. The number of morpholine rings is 1. The van der Waals surface area contributed by atoms with Crippen LogP contribution < -0.4 is 4.74 Å². The maximum absolute atomic E-state index is 10.2. The first-order valence-corrected chi connectivity index (χ1v) is 6.42. The first-order valence-electron chi connectivity index (χ1n) is 6.42.